The molecule has 0 aromatic heterocycles. The molecule has 0 unspecified atom stereocenters. The Bertz CT molecular complexity index is 323. The molecule has 0 amide bonds. The van der Waals surface area contributed by atoms with Crippen LogP contribution in [0.15, 0.2) is 27.8 Å². The predicted octanol–water partition coefficient (Wildman–Crippen LogP) is 2.23. The van der Waals surface area contributed by atoms with Gasteiger partial charge >= 0.3 is 0 Å². The van der Waals surface area contributed by atoms with Crippen molar-refractivity contribution in [1.82, 2.24) is 0 Å². The Morgan fingerprint density at radius 2 is 2.25 bits per heavy atom. The van der Waals surface area contributed by atoms with Gasteiger partial charge in [0.05, 0.1) is 5.71 Å². The number of hydrogen-bond donors (Lipinski definition) is 2. The molecule has 0 aliphatic rings. The van der Waals surface area contributed by atoms with E-state index in [0.29, 0.717) is 11.4 Å². The number of hydrogen-bond acceptors (Lipinski definition) is 3. The Hall–Kier alpha value is -1.03. The van der Waals surface area contributed by atoms with Crippen LogP contribution >= 0.6 is 15.9 Å². The minimum Gasteiger partial charge on any atom is -0.411 e. The molecule has 0 aliphatic carbocycles. The molecule has 0 radical (unpaired) electrons. The first-order valence-corrected chi connectivity index (χ1v) is 4.18. The van der Waals surface area contributed by atoms with Crippen LogP contribution in [0.2, 0.25) is 0 Å². The van der Waals surface area contributed by atoms with E-state index >= 15 is 0 Å². The average molecular weight is 229 g/mol. The van der Waals surface area contributed by atoms with E-state index in [4.69, 9.17) is 10.9 Å². The van der Waals surface area contributed by atoms with Gasteiger partial charge in [-0.05, 0) is 25.1 Å². The maximum absolute atomic E-state index is 8.52. The second-order valence-electron chi connectivity index (χ2n) is 2.42. The lowest BCUT2D eigenvalue weighted by Gasteiger charge is -2.03. The van der Waals surface area contributed by atoms with E-state index in [-0.39, 0.29) is 0 Å². The highest BCUT2D eigenvalue weighted by Crippen LogP contribution is 2.18. The molecule has 3 nitrogen and oxygen atoms in total. The van der Waals surface area contributed by atoms with E-state index in [2.05, 4.69) is 21.1 Å². The molecule has 4 heteroatoms. The molecule has 1 aromatic rings. The van der Waals surface area contributed by atoms with Crippen molar-refractivity contribution in [2.45, 2.75) is 6.92 Å². The van der Waals surface area contributed by atoms with Crippen molar-refractivity contribution in [1.29, 1.82) is 0 Å². The van der Waals surface area contributed by atoms with Gasteiger partial charge in [0.25, 0.3) is 0 Å². The predicted molar refractivity (Wildman–Crippen MR) is 52.6 cm³/mol. The first kappa shape index (κ1) is 9.06. The first-order chi connectivity index (χ1) is 5.65. The summed E-state index contributed by atoms with van der Waals surface area (Å²) < 4.78 is 0.912. The zero-order valence-corrected chi connectivity index (χ0v) is 8.17. The van der Waals surface area contributed by atoms with E-state index in [0.717, 1.165) is 10.0 Å². The zero-order valence-electron chi connectivity index (χ0n) is 6.58. The smallest absolute Gasteiger partial charge is 0.0857 e. The molecule has 0 fully saturated rings. The Labute approximate surface area is 79.0 Å². The number of nitrogens with zero attached hydrogens (tertiary/aromatic N) is 1. The third-order valence-corrected chi connectivity index (χ3v) is 2.05. The zero-order chi connectivity index (χ0) is 9.14. The number of nitrogen functional groups attached to an aromatic ring is 1. The highest BCUT2D eigenvalue weighted by Gasteiger charge is 2.02. The topological polar surface area (TPSA) is 58.6 Å². The average Bonchev–Trinajstić information content (AvgIpc) is 2.08. The minimum absolute atomic E-state index is 0.508. The largest absolute Gasteiger partial charge is 0.411 e. The first-order valence-electron chi connectivity index (χ1n) is 3.39. The van der Waals surface area contributed by atoms with Crippen LogP contribution in [0.1, 0.15) is 12.5 Å². The molecule has 0 saturated heterocycles. The molecule has 0 bridgehead atoms. The van der Waals surface area contributed by atoms with Gasteiger partial charge in [0.2, 0.25) is 0 Å². The van der Waals surface area contributed by atoms with Gasteiger partial charge < -0.3 is 10.9 Å². The molecular weight excluding hydrogens is 220 g/mol. The van der Waals surface area contributed by atoms with E-state index in [9.17, 15) is 0 Å². The second kappa shape index (κ2) is 3.58. The number of benzene rings is 1. The molecule has 0 aliphatic heterocycles. The highest BCUT2D eigenvalue weighted by molar-refractivity contribution is 9.10. The highest BCUT2D eigenvalue weighted by atomic mass is 79.9. The summed E-state index contributed by atoms with van der Waals surface area (Å²) in [4.78, 5) is 0. The SMILES string of the molecule is C/C(=N/O)c1cc(Br)ccc1N. The second-order valence-corrected chi connectivity index (χ2v) is 3.33. The number of anilines is 1. The summed E-state index contributed by atoms with van der Waals surface area (Å²) in [6, 6.07) is 5.40. The fourth-order valence-corrected chi connectivity index (χ4v) is 1.26. The Morgan fingerprint density at radius 1 is 1.58 bits per heavy atom. The Morgan fingerprint density at radius 3 is 2.83 bits per heavy atom. The summed E-state index contributed by atoms with van der Waals surface area (Å²) in [7, 11) is 0. The summed E-state index contributed by atoms with van der Waals surface area (Å²) in [6.45, 7) is 1.69. The fraction of sp³-hybridized carbons (Fsp3) is 0.125. The van der Waals surface area contributed by atoms with Crippen molar-refractivity contribution < 1.29 is 5.21 Å². The van der Waals surface area contributed by atoms with Gasteiger partial charge in [-0.25, -0.2) is 0 Å². The number of oxime groups is 1. The molecule has 1 aromatic carbocycles. The van der Waals surface area contributed by atoms with Gasteiger partial charge in [0.15, 0.2) is 0 Å². The lowest BCUT2D eigenvalue weighted by Crippen LogP contribution is -2.00. The fourth-order valence-electron chi connectivity index (χ4n) is 0.896. The molecule has 64 valence electrons. The molecule has 0 saturated carbocycles. The Balaban J connectivity index is 3.23. The summed E-state index contributed by atoms with van der Waals surface area (Å²) in [5, 5.41) is 11.6. The van der Waals surface area contributed by atoms with Crippen LogP contribution < -0.4 is 5.73 Å². The van der Waals surface area contributed by atoms with Crippen LogP contribution in [0.5, 0.6) is 0 Å². The van der Waals surface area contributed by atoms with Gasteiger partial charge in [0.1, 0.15) is 0 Å². The standard InChI is InChI=1S/C8H9BrN2O/c1-5(11-12)7-4-6(9)2-3-8(7)10/h2-4,12H,10H2,1H3/b11-5-. The molecule has 0 atom stereocenters. The van der Waals surface area contributed by atoms with Gasteiger partial charge in [0, 0.05) is 15.7 Å². The van der Waals surface area contributed by atoms with Crippen molar-refractivity contribution in [2.24, 2.45) is 5.16 Å². The van der Waals surface area contributed by atoms with Crippen LogP contribution in [0.4, 0.5) is 5.69 Å². The third-order valence-electron chi connectivity index (χ3n) is 1.56. The van der Waals surface area contributed by atoms with Gasteiger partial charge in [-0.1, -0.05) is 21.1 Å². The van der Waals surface area contributed by atoms with Gasteiger partial charge in [-0.15, -0.1) is 0 Å². The van der Waals surface area contributed by atoms with Crippen molar-refractivity contribution in [2.75, 3.05) is 5.73 Å². The van der Waals surface area contributed by atoms with Crippen molar-refractivity contribution in [3.05, 3.63) is 28.2 Å². The molecule has 0 heterocycles. The van der Waals surface area contributed by atoms with Gasteiger partial charge in [-0.2, -0.15) is 0 Å². The lowest BCUT2D eigenvalue weighted by atomic mass is 10.1. The molecule has 12 heavy (non-hydrogen) atoms. The summed E-state index contributed by atoms with van der Waals surface area (Å²) in [6.07, 6.45) is 0. The van der Waals surface area contributed by atoms with Crippen molar-refractivity contribution >= 4 is 27.3 Å². The number of halogens is 1. The van der Waals surface area contributed by atoms with Crippen LogP contribution in [0.25, 0.3) is 0 Å². The molecule has 0 spiro atoms. The summed E-state index contributed by atoms with van der Waals surface area (Å²) >= 11 is 3.30. The van der Waals surface area contributed by atoms with E-state index in [1.54, 1.807) is 13.0 Å². The van der Waals surface area contributed by atoms with Crippen LogP contribution in [0, 0.1) is 0 Å². The van der Waals surface area contributed by atoms with Gasteiger partial charge in [-0.3, -0.25) is 0 Å². The normalized spacial score (nSPS) is 11.7. The van der Waals surface area contributed by atoms with E-state index < -0.39 is 0 Å². The molecule has 1 rings (SSSR count). The number of nitrogens with two attached hydrogens (primary N) is 1. The Kier molecular flexibility index (Phi) is 2.70. The van der Waals surface area contributed by atoms with E-state index in [1.807, 2.05) is 12.1 Å². The molecular formula is C8H9BrN2O. The maximum Gasteiger partial charge on any atom is 0.0857 e. The van der Waals surface area contributed by atoms with Crippen LogP contribution in [0.3, 0.4) is 0 Å². The van der Waals surface area contributed by atoms with Crippen LogP contribution in [-0.4, -0.2) is 10.9 Å². The minimum atomic E-state index is 0.508. The monoisotopic (exact) mass is 228 g/mol. The lowest BCUT2D eigenvalue weighted by molar-refractivity contribution is 0.319. The maximum atomic E-state index is 8.52. The van der Waals surface area contributed by atoms with E-state index in [1.165, 1.54) is 0 Å². The van der Waals surface area contributed by atoms with Crippen LogP contribution in [-0.2, 0) is 0 Å². The van der Waals surface area contributed by atoms with Crippen molar-refractivity contribution in [3.8, 4) is 0 Å². The molecule has 3 N–H and O–H groups in total. The summed E-state index contributed by atoms with van der Waals surface area (Å²) in [5.74, 6) is 0. The number of rotatable bonds is 1. The summed E-state index contributed by atoms with van der Waals surface area (Å²) in [5.41, 5.74) is 7.51. The van der Waals surface area contributed by atoms with Crippen molar-refractivity contribution in [3.63, 3.8) is 0 Å². The quantitative estimate of drug-likeness (QED) is 0.335. The third kappa shape index (κ3) is 1.76.